The first-order valence-electron chi connectivity index (χ1n) is 18.2. The number of aliphatic hydroxyl groups is 3. The molecule has 1 saturated heterocycles. The summed E-state index contributed by atoms with van der Waals surface area (Å²) in [5, 5.41) is 50.6. The van der Waals surface area contributed by atoms with Gasteiger partial charge in [0.15, 0.2) is 0 Å². The first kappa shape index (κ1) is 47.9. The van der Waals surface area contributed by atoms with Gasteiger partial charge in [-0.2, -0.15) is 0 Å². The molecule has 0 aliphatic carbocycles. The van der Waals surface area contributed by atoms with Crippen molar-refractivity contribution in [3.05, 3.63) is 34.9 Å². The van der Waals surface area contributed by atoms with Crippen LogP contribution >= 0.6 is 11.6 Å². The summed E-state index contributed by atoms with van der Waals surface area (Å²) in [5.41, 5.74) is 5.52. The Morgan fingerprint density at radius 1 is 0.909 bits per heavy atom. The lowest BCUT2D eigenvalue weighted by molar-refractivity contribution is -0.310. The van der Waals surface area contributed by atoms with Gasteiger partial charge in [-0.3, -0.25) is 9.59 Å². The molecular weight excluding hydrogens is 752 g/mol. The van der Waals surface area contributed by atoms with E-state index in [4.69, 9.17) is 50.5 Å². The van der Waals surface area contributed by atoms with Crippen LogP contribution in [0.2, 0.25) is 5.02 Å². The van der Waals surface area contributed by atoms with Crippen molar-refractivity contribution in [3.8, 4) is 0 Å². The first-order chi connectivity index (χ1) is 26.4. The number of aliphatic carboxylic acids is 1. The zero-order valence-electron chi connectivity index (χ0n) is 31.2. The van der Waals surface area contributed by atoms with E-state index in [1.807, 2.05) is 0 Å². The molecular formula is C35H57ClN4O15. The molecule has 314 valence electrons. The highest BCUT2D eigenvalue weighted by Gasteiger charge is 2.55. The number of carbonyl (C=O) groups excluding carboxylic acids is 3. The Hall–Kier alpha value is -3.21. The van der Waals surface area contributed by atoms with E-state index in [0.29, 0.717) is 90.0 Å². The predicted octanol–water partition coefficient (Wildman–Crippen LogP) is -0.445. The van der Waals surface area contributed by atoms with E-state index in [0.717, 1.165) is 6.92 Å². The molecule has 1 aromatic rings. The topological polar surface area (TPSA) is 276 Å². The quantitative estimate of drug-likeness (QED) is 0.0476. The maximum Gasteiger partial charge on any atom is 0.407 e. The van der Waals surface area contributed by atoms with Crippen molar-refractivity contribution < 1.29 is 72.8 Å². The fraction of sp³-hybridized carbons (Fsp3) is 0.714. The van der Waals surface area contributed by atoms with Gasteiger partial charge in [0.05, 0.1) is 77.7 Å². The molecule has 0 aromatic heterocycles. The number of alkyl carbamates (subject to hydrolysis) is 1. The number of nitrogens with one attached hydrogen (secondary N) is 3. The van der Waals surface area contributed by atoms with E-state index in [1.54, 1.807) is 12.1 Å². The highest BCUT2D eigenvalue weighted by atomic mass is 35.5. The number of rotatable bonds is 29. The Bertz CT molecular complexity index is 1280. The molecule has 1 aliphatic rings. The number of aliphatic hydroxyl groups excluding tert-OH is 3. The smallest absolute Gasteiger partial charge is 0.407 e. The normalized spacial score (nSPS) is 20.7. The molecule has 1 aliphatic heterocycles. The minimum atomic E-state index is -2.42. The molecule has 55 heavy (non-hydrogen) atoms. The van der Waals surface area contributed by atoms with Crippen LogP contribution in [-0.4, -0.2) is 166 Å². The maximum atomic E-state index is 12.5. The van der Waals surface area contributed by atoms with Gasteiger partial charge < -0.3 is 75.3 Å². The van der Waals surface area contributed by atoms with Crippen LogP contribution in [0.15, 0.2) is 24.3 Å². The van der Waals surface area contributed by atoms with Crippen LogP contribution in [0.4, 0.5) is 4.79 Å². The Morgan fingerprint density at radius 3 is 2.13 bits per heavy atom. The van der Waals surface area contributed by atoms with Gasteiger partial charge in [0, 0.05) is 43.6 Å². The minimum absolute atomic E-state index is 0.0696. The van der Waals surface area contributed by atoms with Gasteiger partial charge in [0.1, 0.15) is 18.8 Å². The first-order valence-corrected chi connectivity index (χ1v) is 18.6. The summed E-state index contributed by atoms with van der Waals surface area (Å²) in [4.78, 5) is 48.8. The lowest BCUT2D eigenvalue weighted by atomic mass is 9.88. The summed E-state index contributed by atoms with van der Waals surface area (Å²) >= 11 is 5.93. The highest BCUT2D eigenvalue weighted by Crippen LogP contribution is 2.34. The van der Waals surface area contributed by atoms with Gasteiger partial charge in [0.25, 0.3) is 11.7 Å². The van der Waals surface area contributed by atoms with Crippen molar-refractivity contribution in [1.29, 1.82) is 0 Å². The molecule has 19 nitrogen and oxygen atoms in total. The second kappa shape index (κ2) is 27.4. The number of hydrogen-bond donors (Lipinski definition) is 8. The lowest BCUT2D eigenvalue weighted by Crippen LogP contribution is -2.68. The van der Waals surface area contributed by atoms with Crippen LogP contribution in [0.3, 0.4) is 0 Å². The molecule has 0 spiro atoms. The Morgan fingerprint density at radius 2 is 1.53 bits per heavy atom. The molecule has 1 heterocycles. The molecule has 0 bridgehead atoms. The minimum Gasteiger partial charge on any atom is -0.477 e. The molecule has 0 unspecified atom stereocenters. The van der Waals surface area contributed by atoms with Crippen molar-refractivity contribution in [2.45, 2.75) is 75.3 Å². The van der Waals surface area contributed by atoms with Crippen LogP contribution in [0.1, 0.15) is 49.4 Å². The van der Waals surface area contributed by atoms with Crippen LogP contribution in [0, 0.1) is 0 Å². The SMILES string of the molecule is CC(=O)N[C@H]1[C@H]([C@H](O)[C@H](O)CNC(=O)c2cccc(Cl)c2)O[C@@](OCCCCCCNC(=O)OCCOCCOCCOCCOCCN)(C(=O)O)C[C@@H]1O. The standard InChI is InChI=1S/C35H57ClN4O15/c1-24(41)40-29-27(42)22-35(33(46)47,55-31(29)30(44)28(43)23-39-32(45)25-7-6-8-26(36)21-25)54-11-5-3-2-4-10-38-34(48)53-20-19-52-18-17-51-16-15-50-14-13-49-12-9-37/h6-8,21,27-31,42-44H,2-5,9-20,22-23,37H2,1H3,(H,38,48)(H,39,45)(H,40,41)(H,46,47)/t27-,28+,29+,30+,31+,35+/m0/s1. The summed E-state index contributed by atoms with van der Waals surface area (Å²) in [7, 11) is 0. The average Bonchev–Trinajstić information content (AvgIpc) is 3.15. The van der Waals surface area contributed by atoms with Gasteiger partial charge in [-0.25, -0.2) is 9.59 Å². The number of halogens is 1. The predicted molar refractivity (Wildman–Crippen MR) is 195 cm³/mol. The van der Waals surface area contributed by atoms with Crippen LogP contribution < -0.4 is 21.7 Å². The lowest BCUT2D eigenvalue weighted by Gasteiger charge is -2.46. The molecule has 1 aromatic carbocycles. The average molecular weight is 809 g/mol. The second-order valence-electron chi connectivity index (χ2n) is 12.5. The van der Waals surface area contributed by atoms with Crippen LogP contribution in [-0.2, 0) is 42.7 Å². The zero-order chi connectivity index (χ0) is 40.5. The number of carboxylic acids is 1. The van der Waals surface area contributed by atoms with Crippen LogP contribution in [0.25, 0.3) is 0 Å². The number of unbranched alkanes of at least 4 members (excludes halogenated alkanes) is 3. The van der Waals surface area contributed by atoms with E-state index in [9.17, 15) is 39.6 Å². The fourth-order valence-electron chi connectivity index (χ4n) is 5.32. The monoisotopic (exact) mass is 808 g/mol. The van der Waals surface area contributed by atoms with Gasteiger partial charge >= 0.3 is 12.1 Å². The third kappa shape index (κ3) is 19.0. The Balaban J connectivity index is 1.68. The molecule has 0 radical (unpaired) electrons. The molecule has 2 rings (SSSR count). The molecule has 3 amide bonds. The van der Waals surface area contributed by atoms with Crippen molar-refractivity contribution >= 4 is 35.5 Å². The van der Waals surface area contributed by atoms with Gasteiger partial charge in [-0.15, -0.1) is 0 Å². The number of nitrogens with two attached hydrogens (primary N) is 1. The second-order valence-corrected chi connectivity index (χ2v) is 12.9. The molecule has 6 atom stereocenters. The van der Waals surface area contributed by atoms with Crippen molar-refractivity contribution in [2.24, 2.45) is 5.73 Å². The maximum absolute atomic E-state index is 12.5. The number of ether oxygens (including phenoxy) is 7. The van der Waals surface area contributed by atoms with E-state index >= 15 is 0 Å². The van der Waals surface area contributed by atoms with Crippen LogP contribution in [0.5, 0.6) is 0 Å². The number of hydrogen-bond acceptors (Lipinski definition) is 15. The summed E-state index contributed by atoms with van der Waals surface area (Å²) in [6, 6.07) is 4.71. The zero-order valence-corrected chi connectivity index (χ0v) is 31.9. The summed E-state index contributed by atoms with van der Waals surface area (Å²) < 4.78 is 37.7. The Kier molecular flexibility index (Phi) is 23.9. The molecule has 0 saturated carbocycles. The Labute approximate surface area is 325 Å². The third-order valence-corrected chi connectivity index (χ3v) is 8.31. The summed E-state index contributed by atoms with van der Waals surface area (Å²) in [5.74, 6) is -5.21. The summed E-state index contributed by atoms with van der Waals surface area (Å²) in [6.45, 7) is 4.69. The number of carbonyl (C=O) groups is 4. The fourth-order valence-corrected chi connectivity index (χ4v) is 5.51. The van der Waals surface area contributed by atoms with Gasteiger partial charge in [-0.1, -0.05) is 30.5 Å². The van der Waals surface area contributed by atoms with Crippen molar-refractivity contribution in [1.82, 2.24) is 16.0 Å². The van der Waals surface area contributed by atoms with Crippen molar-refractivity contribution in [2.75, 3.05) is 85.7 Å². The van der Waals surface area contributed by atoms with Crippen molar-refractivity contribution in [3.63, 3.8) is 0 Å². The largest absolute Gasteiger partial charge is 0.477 e. The van der Waals surface area contributed by atoms with Gasteiger partial charge in [-0.05, 0) is 31.0 Å². The number of amides is 3. The van der Waals surface area contributed by atoms with E-state index in [-0.39, 0.29) is 25.4 Å². The number of carboxylic acid groups (broad SMARTS) is 1. The van der Waals surface area contributed by atoms with Gasteiger partial charge in [0.2, 0.25) is 5.91 Å². The molecule has 1 fully saturated rings. The molecule has 20 heteroatoms. The number of benzene rings is 1. The van der Waals surface area contributed by atoms with E-state index in [1.165, 1.54) is 12.1 Å². The van der Waals surface area contributed by atoms with E-state index < -0.39 is 73.1 Å². The highest BCUT2D eigenvalue weighted by molar-refractivity contribution is 6.30. The third-order valence-electron chi connectivity index (χ3n) is 8.07. The summed E-state index contributed by atoms with van der Waals surface area (Å²) in [6.07, 6.45) is -5.74. The van der Waals surface area contributed by atoms with E-state index in [2.05, 4.69) is 16.0 Å². The molecule has 9 N–H and O–H groups in total.